The van der Waals surface area contributed by atoms with Crippen molar-refractivity contribution in [1.29, 1.82) is 0 Å². The number of nitrogens with one attached hydrogen (secondary N) is 1. The zero-order valence-corrected chi connectivity index (χ0v) is 20.8. The van der Waals surface area contributed by atoms with E-state index in [9.17, 15) is 14.4 Å². The van der Waals surface area contributed by atoms with Crippen molar-refractivity contribution in [2.45, 2.75) is 39.5 Å². The van der Waals surface area contributed by atoms with Crippen LogP contribution in [-0.4, -0.2) is 28.3 Å². The van der Waals surface area contributed by atoms with Crippen molar-refractivity contribution in [1.82, 2.24) is 9.78 Å². The molecule has 36 heavy (non-hydrogen) atoms. The normalized spacial score (nSPS) is 11.2. The number of rotatable bonds is 7. The molecule has 184 valence electrons. The molecule has 0 saturated carbocycles. The number of hydrogen-bond donors (Lipinski definition) is 1. The van der Waals surface area contributed by atoms with Crippen LogP contribution < -0.4 is 10.9 Å². The van der Waals surface area contributed by atoms with Crippen molar-refractivity contribution in [3.8, 4) is 5.69 Å². The third-order valence-electron chi connectivity index (χ3n) is 5.97. The summed E-state index contributed by atoms with van der Waals surface area (Å²) >= 11 is 0. The largest absolute Gasteiger partial charge is 0.451 e. The maximum absolute atomic E-state index is 13.1. The number of aromatic nitrogens is 2. The first-order valence-electron chi connectivity index (χ1n) is 11.9. The fourth-order valence-electron chi connectivity index (χ4n) is 4.15. The van der Waals surface area contributed by atoms with Gasteiger partial charge in [-0.1, -0.05) is 82.3 Å². The summed E-state index contributed by atoms with van der Waals surface area (Å²) in [6.07, 6.45) is 0. The average Bonchev–Trinajstić information content (AvgIpc) is 2.88. The number of ether oxygens (including phenoxy) is 1. The molecule has 0 atom stereocenters. The minimum atomic E-state index is -0.785. The molecule has 1 heterocycles. The summed E-state index contributed by atoms with van der Waals surface area (Å²) in [6.45, 7) is 7.77. The van der Waals surface area contributed by atoms with Gasteiger partial charge >= 0.3 is 5.97 Å². The Bertz CT molecular complexity index is 1450. The Morgan fingerprint density at radius 2 is 1.42 bits per heavy atom. The molecule has 0 aliphatic rings. The van der Waals surface area contributed by atoms with Crippen LogP contribution in [-0.2, 0) is 9.53 Å². The minimum absolute atomic E-state index is 0.0349. The molecule has 7 nitrogen and oxygen atoms in total. The molecule has 7 heteroatoms. The molecule has 0 unspecified atom stereocenters. The second kappa shape index (κ2) is 10.6. The SMILES string of the molecule is CC(C)c1cccc(C(C)C)c1NC(=O)COC(=O)c1nn(-c2ccccc2)c(=O)c2ccccc12. The van der Waals surface area contributed by atoms with E-state index in [1.54, 1.807) is 48.5 Å². The highest BCUT2D eigenvalue weighted by molar-refractivity contribution is 6.03. The first-order valence-corrected chi connectivity index (χ1v) is 11.9. The van der Waals surface area contributed by atoms with Gasteiger partial charge in [0.25, 0.3) is 11.5 Å². The summed E-state index contributed by atoms with van der Waals surface area (Å²) in [5.74, 6) is -0.821. The van der Waals surface area contributed by atoms with Crippen LogP contribution in [0, 0.1) is 0 Å². The van der Waals surface area contributed by atoms with Crippen molar-refractivity contribution in [3.63, 3.8) is 0 Å². The molecule has 0 aliphatic heterocycles. The fraction of sp³-hybridized carbons (Fsp3) is 0.241. The lowest BCUT2D eigenvalue weighted by molar-refractivity contribution is -0.119. The van der Waals surface area contributed by atoms with Crippen LogP contribution in [0.15, 0.2) is 77.6 Å². The number of amides is 1. The Kier molecular flexibility index (Phi) is 7.29. The van der Waals surface area contributed by atoms with Gasteiger partial charge in [0.05, 0.1) is 11.1 Å². The standard InChI is InChI=1S/C29H29N3O4/c1-18(2)21-15-10-16-22(19(3)4)26(21)30-25(33)17-36-29(35)27-23-13-8-9-14-24(23)28(34)32(31-27)20-11-6-5-7-12-20/h5-16,18-19H,17H2,1-4H3,(H,30,33). The van der Waals surface area contributed by atoms with Crippen molar-refractivity contribution in [2.75, 3.05) is 11.9 Å². The van der Waals surface area contributed by atoms with Crippen LogP contribution in [0.4, 0.5) is 5.69 Å². The number of hydrogen-bond acceptors (Lipinski definition) is 5. The molecule has 0 aliphatic carbocycles. The number of esters is 1. The first kappa shape index (κ1) is 24.9. The molecular weight excluding hydrogens is 454 g/mol. The molecule has 0 saturated heterocycles. The zero-order valence-electron chi connectivity index (χ0n) is 20.8. The first-order chi connectivity index (χ1) is 17.3. The number of carbonyl (C=O) groups excluding carboxylic acids is 2. The number of carbonyl (C=O) groups is 2. The summed E-state index contributed by atoms with van der Waals surface area (Å²) in [4.78, 5) is 39.0. The topological polar surface area (TPSA) is 90.3 Å². The van der Waals surface area contributed by atoms with E-state index < -0.39 is 18.5 Å². The van der Waals surface area contributed by atoms with Gasteiger partial charge in [-0.3, -0.25) is 9.59 Å². The van der Waals surface area contributed by atoms with Crippen LogP contribution >= 0.6 is 0 Å². The molecule has 4 rings (SSSR count). The fourth-order valence-corrected chi connectivity index (χ4v) is 4.15. The van der Waals surface area contributed by atoms with E-state index in [-0.39, 0.29) is 23.1 Å². The van der Waals surface area contributed by atoms with E-state index >= 15 is 0 Å². The summed E-state index contributed by atoms with van der Waals surface area (Å²) in [7, 11) is 0. The highest BCUT2D eigenvalue weighted by atomic mass is 16.5. The van der Waals surface area contributed by atoms with Gasteiger partial charge in [0.15, 0.2) is 12.3 Å². The Hall–Kier alpha value is -4.26. The molecule has 1 aromatic heterocycles. The Morgan fingerprint density at radius 3 is 2.03 bits per heavy atom. The monoisotopic (exact) mass is 483 g/mol. The predicted octanol–water partition coefficient (Wildman–Crippen LogP) is 5.43. The molecule has 0 radical (unpaired) electrons. The summed E-state index contributed by atoms with van der Waals surface area (Å²) < 4.78 is 6.55. The van der Waals surface area contributed by atoms with E-state index in [4.69, 9.17) is 4.74 Å². The van der Waals surface area contributed by atoms with Gasteiger partial charge in [0, 0.05) is 11.1 Å². The zero-order chi connectivity index (χ0) is 25.8. The van der Waals surface area contributed by atoms with E-state index in [1.807, 2.05) is 24.3 Å². The minimum Gasteiger partial charge on any atom is -0.451 e. The predicted molar refractivity (Wildman–Crippen MR) is 141 cm³/mol. The van der Waals surface area contributed by atoms with Crippen LogP contribution in [0.25, 0.3) is 16.5 Å². The van der Waals surface area contributed by atoms with Crippen molar-refractivity contribution >= 4 is 28.3 Å². The summed E-state index contributed by atoms with van der Waals surface area (Å²) in [5, 5.41) is 7.95. The number of benzene rings is 3. The highest BCUT2D eigenvalue weighted by Crippen LogP contribution is 2.32. The number of anilines is 1. The molecule has 0 bridgehead atoms. The smallest absolute Gasteiger partial charge is 0.359 e. The molecule has 4 aromatic rings. The lowest BCUT2D eigenvalue weighted by atomic mass is 9.92. The van der Waals surface area contributed by atoms with Gasteiger partial charge in [0.1, 0.15) is 0 Å². The van der Waals surface area contributed by atoms with Crippen molar-refractivity contribution < 1.29 is 14.3 Å². The molecule has 1 amide bonds. The number of para-hydroxylation sites is 2. The van der Waals surface area contributed by atoms with Crippen LogP contribution in [0.3, 0.4) is 0 Å². The molecule has 1 N–H and O–H groups in total. The quantitative estimate of drug-likeness (QED) is 0.354. The van der Waals surface area contributed by atoms with Gasteiger partial charge in [0.2, 0.25) is 0 Å². The molecule has 3 aromatic carbocycles. The van der Waals surface area contributed by atoms with Gasteiger partial charge in [-0.05, 0) is 41.2 Å². The molecule has 0 fully saturated rings. The van der Waals surface area contributed by atoms with Crippen molar-refractivity contribution in [2.24, 2.45) is 0 Å². The van der Waals surface area contributed by atoms with Gasteiger partial charge in [-0.25, -0.2) is 4.79 Å². The second-order valence-electron chi connectivity index (χ2n) is 9.19. The summed E-state index contributed by atoms with van der Waals surface area (Å²) in [5.41, 5.74) is 2.92. The lowest BCUT2D eigenvalue weighted by Crippen LogP contribution is -2.27. The van der Waals surface area contributed by atoms with E-state index in [1.165, 1.54) is 4.68 Å². The van der Waals surface area contributed by atoms with Crippen LogP contribution in [0.5, 0.6) is 0 Å². The average molecular weight is 484 g/mol. The highest BCUT2D eigenvalue weighted by Gasteiger charge is 2.21. The Labute approximate surface area is 209 Å². The van der Waals surface area contributed by atoms with Gasteiger partial charge in [-0.15, -0.1) is 0 Å². The Morgan fingerprint density at radius 1 is 0.833 bits per heavy atom. The number of fused-ring (bicyclic) bond motifs is 1. The van der Waals surface area contributed by atoms with E-state index in [0.29, 0.717) is 16.5 Å². The maximum Gasteiger partial charge on any atom is 0.359 e. The maximum atomic E-state index is 13.1. The Balaban J connectivity index is 1.61. The van der Waals surface area contributed by atoms with Gasteiger partial charge < -0.3 is 10.1 Å². The van der Waals surface area contributed by atoms with E-state index in [2.05, 4.69) is 38.1 Å². The molecule has 0 spiro atoms. The third kappa shape index (κ3) is 5.05. The van der Waals surface area contributed by atoms with E-state index in [0.717, 1.165) is 16.8 Å². The summed E-state index contributed by atoms with van der Waals surface area (Å²) in [6, 6.07) is 21.5. The van der Waals surface area contributed by atoms with Crippen molar-refractivity contribution in [3.05, 3.63) is 100.0 Å². The lowest BCUT2D eigenvalue weighted by Gasteiger charge is -2.20. The third-order valence-corrected chi connectivity index (χ3v) is 5.97. The number of nitrogens with zero attached hydrogens (tertiary/aromatic N) is 2. The van der Waals surface area contributed by atoms with Gasteiger partial charge in [-0.2, -0.15) is 9.78 Å². The second-order valence-corrected chi connectivity index (χ2v) is 9.19. The molecular formula is C29H29N3O4. The van der Waals surface area contributed by atoms with Crippen LogP contribution in [0.1, 0.15) is 61.1 Å². The van der Waals surface area contributed by atoms with Crippen LogP contribution in [0.2, 0.25) is 0 Å².